The Labute approximate surface area is 195 Å². The van der Waals surface area contributed by atoms with E-state index in [1.165, 1.54) is 18.4 Å². The SMILES string of the molecule is COc1ncccc1C(=O)NCC1SCCN1C(=O)c1nc(C)sc1-c1cccc(C)c1. The number of hydrogen-bond acceptors (Lipinski definition) is 7. The highest BCUT2D eigenvalue weighted by Gasteiger charge is 2.33. The highest BCUT2D eigenvalue weighted by Crippen LogP contribution is 2.33. The van der Waals surface area contributed by atoms with Gasteiger partial charge < -0.3 is 15.0 Å². The summed E-state index contributed by atoms with van der Waals surface area (Å²) in [7, 11) is 1.48. The molecule has 1 saturated heterocycles. The first kappa shape index (κ1) is 22.3. The summed E-state index contributed by atoms with van der Waals surface area (Å²) in [6.07, 6.45) is 1.57. The lowest BCUT2D eigenvalue weighted by Gasteiger charge is -2.24. The minimum atomic E-state index is -0.278. The number of rotatable bonds is 6. The summed E-state index contributed by atoms with van der Waals surface area (Å²) in [4.78, 5) is 37.5. The maximum absolute atomic E-state index is 13.5. The van der Waals surface area contributed by atoms with Crippen molar-refractivity contribution in [3.8, 4) is 16.3 Å². The van der Waals surface area contributed by atoms with Crippen molar-refractivity contribution in [2.75, 3.05) is 26.0 Å². The quantitative estimate of drug-likeness (QED) is 0.593. The van der Waals surface area contributed by atoms with Crippen molar-refractivity contribution in [3.05, 3.63) is 64.4 Å². The third kappa shape index (κ3) is 4.63. The van der Waals surface area contributed by atoms with Crippen molar-refractivity contribution >= 4 is 34.9 Å². The van der Waals surface area contributed by atoms with Gasteiger partial charge in [0.25, 0.3) is 11.8 Å². The van der Waals surface area contributed by atoms with Gasteiger partial charge in [-0.1, -0.05) is 29.8 Å². The first-order valence-electron chi connectivity index (χ1n) is 10.2. The first-order valence-corrected chi connectivity index (χ1v) is 12.1. The van der Waals surface area contributed by atoms with Crippen LogP contribution in [0, 0.1) is 13.8 Å². The summed E-state index contributed by atoms with van der Waals surface area (Å²) in [6, 6.07) is 11.5. The lowest BCUT2D eigenvalue weighted by Crippen LogP contribution is -2.42. The first-order chi connectivity index (χ1) is 15.5. The van der Waals surface area contributed by atoms with E-state index in [0.717, 1.165) is 26.8 Å². The Morgan fingerprint density at radius 1 is 1.25 bits per heavy atom. The van der Waals surface area contributed by atoms with Gasteiger partial charge in [-0.3, -0.25) is 9.59 Å². The highest BCUT2D eigenvalue weighted by atomic mass is 32.2. The third-order valence-corrected chi connectivity index (χ3v) is 7.36. The number of methoxy groups -OCH3 is 1. The molecule has 0 saturated carbocycles. The fraction of sp³-hybridized carbons (Fsp3) is 0.304. The molecule has 0 spiro atoms. The molecule has 7 nitrogen and oxygen atoms in total. The Kier molecular flexibility index (Phi) is 6.76. The van der Waals surface area contributed by atoms with Gasteiger partial charge in [0.2, 0.25) is 5.88 Å². The fourth-order valence-electron chi connectivity index (χ4n) is 3.61. The largest absolute Gasteiger partial charge is 0.480 e. The van der Waals surface area contributed by atoms with Crippen LogP contribution in [0.5, 0.6) is 5.88 Å². The zero-order chi connectivity index (χ0) is 22.7. The van der Waals surface area contributed by atoms with Crippen molar-refractivity contribution in [1.82, 2.24) is 20.2 Å². The molecule has 0 radical (unpaired) electrons. The molecule has 1 fully saturated rings. The van der Waals surface area contributed by atoms with Gasteiger partial charge in [0.1, 0.15) is 11.3 Å². The summed E-state index contributed by atoms with van der Waals surface area (Å²) < 4.78 is 5.17. The Hall–Kier alpha value is -2.91. The van der Waals surface area contributed by atoms with Gasteiger partial charge in [0, 0.05) is 25.0 Å². The van der Waals surface area contributed by atoms with Crippen molar-refractivity contribution in [1.29, 1.82) is 0 Å². The van der Waals surface area contributed by atoms with Crippen LogP contribution >= 0.6 is 23.1 Å². The molecule has 1 unspecified atom stereocenters. The van der Waals surface area contributed by atoms with Gasteiger partial charge in [-0.05, 0) is 31.5 Å². The predicted molar refractivity (Wildman–Crippen MR) is 127 cm³/mol. The average molecular weight is 469 g/mol. The average Bonchev–Trinajstić information content (AvgIpc) is 3.43. The summed E-state index contributed by atoms with van der Waals surface area (Å²) in [6.45, 7) is 4.89. The molecular weight excluding hydrogens is 444 g/mol. The molecular formula is C23H24N4O3S2. The van der Waals surface area contributed by atoms with E-state index in [2.05, 4.69) is 21.4 Å². The second-order valence-electron chi connectivity index (χ2n) is 7.37. The molecule has 1 aliphatic heterocycles. The van der Waals surface area contributed by atoms with Crippen LogP contribution in [0.3, 0.4) is 0 Å². The molecule has 166 valence electrons. The van der Waals surface area contributed by atoms with Crippen LogP contribution in [-0.2, 0) is 0 Å². The van der Waals surface area contributed by atoms with E-state index in [1.807, 2.05) is 32.0 Å². The van der Waals surface area contributed by atoms with Gasteiger partial charge in [0.05, 0.1) is 22.4 Å². The van der Waals surface area contributed by atoms with Gasteiger partial charge in [-0.25, -0.2) is 9.97 Å². The van der Waals surface area contributed by atoms with Gasteiger partial charge >= 0.3 is 0 Å². The molecule has 1 N–H and O–H groups in total. The Balaban J connectivity index is 1.51. The summed E-state index contributed by atoms with van der Waals surface area (Å²) in [5, 5.41) is 3.61. The molecule has 3 heterocycles. The molecule has 0 aliphatic carbocycles. The number of aryl methyl sites for hydroxylation is 2. The summed E-state index contributed by atoms with van der Waals surface area (Å²) >= 11 is 3.18. The van der Waals surface area contributed by atoms with E-state index in [4.69, 9.17) is 4.74 Å². The van der Waals surface area contributed by atoms with Crippen molar-refractivity contribution < 1.29 is 14.3 Å². The molecule has 3 aromatic rings. The van der Waals surface area contributed by atoms with Crippen LogP contribution < -0.4 is 10.1 Å². The number of pyridine rings is 1. The maximum Gasteiger partial charge on any atom is 0.274 e. The molecule has 4 rings (SSSR count). The lowest BCUT2D eigenvalue weighted by molar-refractivity contribution is 0.0746. The van der Waals surface area contributed by atoms with Crippen molar-refractivity contribution in [3.63, 3.8) is 0 Å². The minimum absolute atomic E-state index is 0.103. The normalized spacial score (nSPS) is 15.6. The van der Waals surface area contributed by atoms with E-state index in [9.17, 15) is 9.59 Å². The number of carbonyl (C=O) groups excluding carboxylic acids is 2. The van der Waals surface area contributed by atoms with Crippen LogP contribution in [0.15, 0.2) is 42.6 Å². The van der Waals surface area contributed by atoms with Crippen LogP contribution in [0.1, 0.15) is 31.4 Å². The third-order valence-electron chi connectivity index (χ3n) is 5.11. The van der Waals surface area contributed by atoms with Crippen LogP contribution in [0.2, 0.25) is 0 Å². The van der Waals surface area contributed by atoms with Gasteiger partial charge in [-0.2, -0.15) is 0 Å². The number of thiazole rings is 1. The minimum Gasteiger partial charge on any atom is -0.480 e. The number of aromatic nitrogens is 2. The van der Waals surface area contributed by atoms with Gasteiger partial charge in [0.15, 0.2) is 0 Å². The van der Waals surface area contributed by atoms with E-state index in [0.29, 0.717) is 24.3 Å². The van der Waals surface area contributed by atoms with Crippen LogP contribution in [0.25, 0.3) is 10.4 Å². The van der Waals surface area contributed by atoms with E-state index >= 15 is 0 Å². The highest BCUT2D eigenvalue weighted by molar-refractivity contribution is 8.00. The summed E-state index contributed by atoms with van der Waals surface area (Å²) in [5.41, 5.74) is 2.98. The molecule has 0 bridgehead atoms. The number of thioether (sulfide) groups is 1. The second kappa shape index (κ2) is 9.70. The molecule has 32 heavy (non-hydrogen) atoms. The zero-order valence-corrected chi connectivity index (χ0v) is 19.8. The summed E-state index contributed by atoms with van der Waals surface area (Å²) in [5.74, 6) is 0.706. The van der Waals surface area contributed by atoms with Gasteiger partial charge in [-0.15, -0.1) is 23.1 Å². The number of benzene rings is 1. The van der Waals surface area contributed by atoms with E-state index in [1.54, 1.807) is 35.0 Å². The lowest BCUT2D eigenvalue weighted by atomic mass is 10.1. The monoisotopic (exact) mass is 468 g/mol. The maximum atomic E-state index is 13.5. The number of hydrogen-bond donors (Lipinski definition) is 1. The van der Waals surface area contributed by atoms with Crippen molar-refractivity contribution in [2.45, 2.75) is 19.2 Å². The number of amides is 2. The number of nitrogens with zero attached hydrogens (tertiary/aromatic N) is 3. The number of ether oxygens (including phenoxy) is 1. The van der Waals surface area contributed by atoms with Crippen LogP contribution in [0.4, 0.5) is 0 Å². The van der Waals surface area contributed by atoms with E-state index < -0.39 is 0 Å². The number of carbonyl (C=O) groups is 2. The number of nitrogens with one attached hydrogen (secondary N) is 1. The van der Waals surface area contributed by atoms with Crippen LogP contribution in [-0.4, -0.2) is 58.0 Å². The zero-order valence-electron chi connectivity index (χ0n) is 18.1. The molecule has 1 atom stereocenters. The molecule has 2 amide bonds. The predicted octanol–water partition coefficient (Wildman–Crippen LogP) is 3.78. The van der Waals surface area contributed by atoms with E-state index in [-0.39, 0.29) is 23.1 Å². The second-order valence-corrected chi connectivity index (χ2v) is 9.86. The topological polar surface area (TPSA) is 84.4 Å². The molecule has 1 aliphatic rings. The van der Waals surface area contributed by atoms with Crippen molar-refractivity contribution in [2.24, 2.45) is 0 Å². The standard InChI is InChI=1S/C23H24N4O3S2/c1-14-6-4-7-16(12-14)20-19(26-15(2)32-20)23(29)27-10-11-31-18(27)13-25-21(28)17-8-5-9-24-22(17)30-3/h4-9,12,18H,10-11,13H2,1-3H3,(H,25,28). The molecule has 1 aromatic carbocycles. The Bertz CT molecular complexity index is 1150. The molecule has 2 aromatic heterocycles. The fourth-order valence-corrected chi connectivity index (χ4v) is 5.68. The molecule has 9 heteroatoms. The smallest absolute Gasteiger partial charge is 0.274 e. The Morgan fingerprint density at radius 3 is 2.88 bits per heavy atom. The Morgan fingerprint density at radius 2 is 2.09 bits per heavy atom.